The second-order valence-electron chi connectivity index (χ2n) is 7.57. The molecule has 2 heterocycles. The van der Waals surface area contributed by atoms with Crippen molar-refractivity contribution >= 4 is 28.7 Å². The molecule has 0 saturated carbocycles. The van der Waals surface area contributed by atoms with Crippen molar-refractivity contribution in [3.63, 3.8) is 0 Å². The van der Waals surface area contributed by atoms with E-state index in [1.165, 1.54) is 0 Å². The Balaban J connectivity index is 1.27. The van der Waals surface area contributed by atoms with Crippen LogP contribution in [0.1, 0.15) is 35.3 Å². The minimum atomic E-state index is -0.0834. The van der Waals surface area contributed by atoms with E-state index in [9.17, 15) is 4.79 Å². The molecule has 34 heavy (non-hydrogen) atoms. The zero-order valence-corrected chi connectivity index (χ0v) is 20.2. The van der Waals surface area contributed by atoms with Crippen LogP contribution in [0, 0.1) is 0 Å². The zero-order valence-electron chi connectivity index (χ0n) is 19.3. The molecule has 0 spiro atoms. The van der Waals surface area contributed by atoms with Crippen molar-refractivity contribution in [3.05, 3.63) is 77.6 Å². The van der Waals surface area contributed by atoms with E-state index in [2.05, 4.69) is 20.3 Å². The zero-order chi connectivity index (χ0) is 23.8. The molecule has 0 unspecified atom stereocenters. The summed E-state index contributed by atoms with van der Waals surface area (Å²) >= 11 is 1.62. The number of fused-ring (bicyclic) bond motifs is 1. The highest BCUT2D eigenvalue weighted by Crippen LogP contribution is 2.28. The Hall–Kier alpha value is -3.52. The number of aromatic nitrogens is 3. The first-order valence-electron chi connectivity index (χ1n) is 11.3. The summed E-state index contributed by atoms with van der Waals surface area (Å²) in [6.45, 7) is 5.60. The predicted octanol–water partition coefficient (Wildman–Crippen LogP) is 5.02. The molecule has 4 rings (SSSR count). The highest BCUT2D eigenvalue weighted by molar-refractivity contribution is 7.98. The molecular formula is C26H28N4O3S. The van der Waals surface area contributed by atoms with Gasteiger partial charge in [-0.3, -0.25) is 9.78 Å². The molecule has 2 aromatic heterocycles. The van der Waals surface area contributed by atoms with Crippen molar-refractivity contribution < 1.29 is 14.3 Å². The van der Waals surface area contributed by atoms with Gasteiger partial charge in [0.05, 0.1) is 30.4 Å². The van der Waals surface area contributed by atoms with E-state index in [0.29, 0.717) is 31.7 Å². The van der Waals surface area contributed by atoms with Crippen LogP contribution in [0.15, 0.2) is 66.1 Å². The number of ether oxygens (including phenoxy) is 2. The molecule has 0 fully saturated rings. The number of imidazole rings is 1. The standard InChI is InChI=1S/C26H28N4O3S/c1-3-32-23-10-7-18(15-24(23)33-4-2)11-14-28-25(31)20-8-5-19(6-9-20)17-34-26-29-21-12-13-27-16-22(21)30-26/h5-10,12-13,15-16H,3-4,11,14,17H2,1-2H3,(H,28,31)(H,29,30). The lowest BCUT2D eigenvalue weighted by Gasteiger charge is -2.12. The van der Waals surface area contributed by atoms with Crippen LogP contribution < -0.4 is 14.8 Å². The summed E-state index contributed by atoms with van der Waals surface area (Å²) in [5.41, 5.74) is 4.68. The summed E-state index contributed by atoms with van der Waals surface area (Å²) in [4.78, 5) is 24.5. The van der Waals surface area contributed by atoms with Crippen LogP contribution in [-0.4, -0.2) is 40.6 Å². The fourth-order valence-electron chi connectivity index (χ4n) is 3.48. The molecule has 4 aromatic rings. The SMILES string of the molecule is CCOc1ccc(CCNC(=O)c2ccc(CSc3nc4ccncc4[nH]3)cc2)cc1OCC. The molecule has 1 amide bonds. The maximum absolute atomic E-state index is 12.6. The van der Waals surface area contributed by atoms with E-state index in [4.69, 9.17) is 9.47 Å². The Bertz CT molecular complexity index is 1210. The quantitative estimate of drug-likeness (QED) is 0.296. The lowest BCUT2D eigenvalue weighted by molar-refractivity contribution is 0.0954. The first-order chi connectivity index (χ1) is 16.7. The predicted molar refractivity (Wildman–Crippen MR) is 135 cm³/mol. The van der Waals surface area contributed by atoms with Gasteiger partial charge in [-0.2, -0.15) is 0 Å². The molecule has 0 atom stereocenters. The molecule has 7 nitrogen and oxygen atoms in total. The van der Waals surface area contributed by atoms with E-state index in [-0.39, 0.29) is 5.91 Å². The molecule has 0 aliphatic rings. The van der Waals surface area contributed by atoms with Crippen LogP contribution >= 0.6 is 11.8 Å². The molecule has 0 saturated heterocycles. The summed E-state index contributed by atoms with van der Waals surface area (Å²) in [5, 5.41) is 3.85. The van der Waals surface area contributed by atoms with Crippen molar-refractivity contribution in [2.75, 3.05) is 19.8 Å². The lowest BCUT2D eigenvalue weighted by atomic mass is 10.1. The first-order valence-corrected chi connectivity index (χ1v) is 12.3. The Morgan fingerprint density at radius 2 is 1.76 bits per heavy atom. The van der Waals surface area contributed by atoms with Gasteiger partial charge in [-0.1, -0.05) is 30.0 Å². The highest BCUT2D eigenvalue weighted by atomic mass is 32.2. The Labute approximate surface area is 203 Å². The van der Waals surface area contributed by atoms with E-state index in [1.54, 1.807) is 24.2 Å². The molecule has 2 aromatic carbocycles. The van der Waals surface area contributed by atoms with Crippen LogP contribution in [0.2, 0.25) is 0 Å². The van der Waals surface area contributed by atoms with Crippen molar-refractivity contribution in [1.82, 2.24) is 20.3 Å². The topological polar surface area (TPSA) is 89.1 Å². The fourth-order valence-corrected chi connectivity index (χ4v) is 4.32. The maximum Gasteiger partial charge on any atom is 0.251 e. The summed E-state index contributed by atoms with van der Waals surface area (Å²) < 4.78 is 11.3. The molecule has 2 N–H and O–H groups in total. The summed E-state index contributed by atoms with van der Waals surface area (Å²) in [5.74, 6) is 2.16. The number of H-pyrrole nitrogens is 1. The second-order valence-corrected chi connectivity index (χ2v) is 8.54. The van der Waals surface area contributed by atoms with E-state index >= 15 is 0 Å². The lowest BCUT2D eigenvalue weighted by Crippen LogP contribution is -2.25. The molecule has 176 valence electrons. The van der Waals surface area contributed by atoms with Gasteiger partial charge in [0.15, 0.2) is 16.7 Å². The molecule has 8 heteroatoms. The molecule has 0 aliphatic carbocycles. The normalized spacial score (nSPS) is 10.9. The number of benzene rings is 2. The van der Waals surface area contributed by atoms with E-state index in [1.807, 2.05) is 62.4 Å². The van der Waals surface area contributed by atoms with Crippen molar-refractivity contribution in [1.29, 1.82) is 0 Å². The van der Waals surface area contributed by atoms with Crippen LogP contribution in [0.25, 0.3) is 11.0 Å². The van der Waals surface area contributed by atoms with Gasteiger partial charge in [-0.05, 0) is 61.7 Å². The number of carbonyl (C=O) groups is 1. The highest BCUT2D eigenvalue weighted by Gasteiger charge is 2.09. The largest absolute Gasteiger partial charge is 0.490 e. The van der Waals surface area contributed by atoms with Crippen LogP contribution in [-0.2, 0) is 12.2 Å². The van der Waals surface area contributed by atoms with E-state index in [0.717, 1.165) is 44.6 Å². The van der Waals surface area contributed by atoms with Gasteiger partial charge in [0.2, 0.25) is 0 Å². The number of rotatable bonds is 11. The summed E-state index contributed by atoms with van der Waals surface area (Å²) in [6, 6.07) is 15.5. The monoisotopic (exact) mass is 476 g/mol. The number of nitrogens with one attached hydrogen (secondary N) is 2. The minimum Gasteiger partial charge on any atom is -0.490 e. The van der Waals surface area contributed by atoms with Gasteiger partial charge < -0.3 is 19.8 Å². The van der Waals surface area contributed by atoms with Gasteiger partial charge in [0.25, 0.3) is 5.91 Å². The Morgan fingerprint density at radius 1 is 1.00 bits per heavy atom. The second kappa shape index (κ2) is 11.6. The number of pyridine rings is 1. The van der Waals surface area contributed by atoms with Gasteiger partial charge in [0, 0.05) is 24.1 Å². The fraction of sp³-hybridized carbons (Fsp3) is 0.269. The molecule has 0 radical (unpaired) electrons. The Kier molecular flexibility index (Phi) is 8.04. The molecular weight excluding hydrogens is 448 g/mol. The number of aromatic amines is 1. The van der Waals surface area contributed by atoms with Crippen molar-refractivity contribution in [3.8, 4) is 11.5 Å². The third-order valence-electron chi connectivity index (χ3n) is 5.16. The summed E-state index contributed by atoms with van der Waals surface area (Å²) in [7, 11) is 0. The number of hydrogen-bond donors (Lipinski definition) is 2. The van der Waals surface area contributed by atoms with Crippen LogP contribution in [0.5, 0.6) is 11.5 Å². The maximum atomic E-state index is 12.6. The first kappa shape index (κ1) is 23.6. The third kappa shape index (κ3) is 6.08. The van der Waals surface area contributed by atoms with Crippen LogP contribution in [0.3, 0.4) is 0 Å². The Morgan fingerprint density at radius 3 is 2.53 bits per heavy atom. The van der Waals surface area contributed by atoms with Crippen molar-refractivity contribution in [2.24, 2.45) is 0 Å². The van der Waals surface area contributed by atoms with Crippen LogP contribution in [0.4, 0.5) is 0 Å². The number of thioether (sulfide) groups is 1. The average molecular weight is 477 g/mol. The van der Waals surface area contributed by atoms with Gasteiger partial charge in [0.1, 0.15) is 0 Å². The van der Waals surface area contributed by atoms with Gasteiger partial charge in [-0.25, -0.2) is 4.98 Å². The number of carbonyl (C=O) groups excluding carboxylic acids is 1. The molecule has 0 bridgehead atoms. The smallest absolute Gasteiger partial charge is 0.251 e. The summed E-state index contributed by atoms with van der Waals surface area (Å²) in [6.07, 6.45) is 4.21. The number of amides is 1. The molecule has 0 aliphatic heterocycles. The van der Waals surface area contributed by atoms with Gasteiger partial charge >= 0.3 is 0 Å². The van der Waals surface area contributed by atoms with Gasteiger partial charge in [-0.15, -0.1) is 0 Å². The third-order valence-corrected chi connectivity index (χ3v) is 6.10. The minimum absolute atomic E-state index is 0.0834. The van der Waals surface area contributed by atoms with Crippen molar-refractivity contribution in [2.45, 2.75) is 31.2 Å². The van der Waals surface area contributed by atoms with E-state index < -0.39 is 0 Å². The average Bonchev–Trinajstić information content (AvgIpc) is 3.28. The number of nitrogens with zero attached hydrogens (tertiary/aromatic N) is 2. The number of hydrogen-bond acceptors (Lipinski definition) is 6.